The smallest absolute Gasteiger partial charge is 0.207 e. The topological polar surface area (TPSA) is 56.7 Å². The molecule has 0 spiro atoms. The maximum absolute atomic E-state index is 6.23. The van der Waals surface area contributed by atoms with Crippen molar-refractivity contribution >= 4 is 40.3 Å². The van der Waals surface area contributed by atoms with Crippen LogP contribution < -0.4 is 5.73 Å². The Bertz CT molecular complexity index is 780. The first-order valence-corrected chi connectivity index (χ1v) is 6.38. The number of hydrogen-bond donors (Lipinski definition) is 1. The Labute approximate surface area is 119 Å². The fraction of sp³-hybridized carbons (Fsp3) is 0.0769. The monoisotopic (exact) mass is 292 g/mol. The van der Waals surface area contributed by atoms with E-state index in [1.807, 2.05) is 25.1 Å². The van der Waals surface area contributed by atoms with Gasteiger partial charge in [0.15, 0.2) is 5.65 Å². The number of benzene rings is 1. The van der Waals surface area contributed by atoms with Crippen LogP contribution in [0, 0.1) is 6.92 Å². The van der Waals surface area contributed by atoms with Crippen molar-refractivity contribution in [3.63, 3.8) is 0 Å². The predicted octanol–water partition coefficient (Wildman–Crippen LogP) is 3.62. The Hall–Kier alpha value is -1.78. The van der Waals surface area contributed by atoms with Crippen LogP contribution in [-0.2, 0) is 0 Å². The summed E-state index contributed by atoms with van der Waals surface area (Å²) in [6, 6.07) is 7.43. The molecular weight excluding hydrogens is 283 g/mol. The molecule has 6 heteroatoms. The fourth-order valence-corrected chi connectivity index (χ4v) is 2.34. The summed E-state index contributed by atoms with van der Waals surface area (Å²) in [5.41, 5.74) is 9.08. The van der Waals surface area contributed by atoms with Gasteiger partial charge in [0, 0.05) is 6.20 Å². The van der Waals surface area contributed by atoms with E-state index in [9.17, 15) is 0 Å². The maximum Gasteiger partial charge on any atom is 0.207 e. The molecule has 0 aliphatic carbocycles. The van der Waals surface area contributed by atoms with Gasteiger partial charge in [-0.1, -0.05) is 29.3 Å². The molecule has 0 amide bonds. The molecule has 3 aromatic rings. The third-order valence-electron chi connectivity index (χ3n) is 2.83. The van der Waals surface area contributed by atoms with Gasteiger partial charge in [-0.3, -0.25) is 4.57 Å². The summed E-state index contributed by atoms with van der Waals surface area (Å²) < 4.78 is 1.72. The van der Waals surface area contributed by atoms with Gasteiger partial charge in [0.25, 0.3) is 0 Å². The minimum absolute atomic E-state index is 0.331. The van der Waals surface area contributed by atoms with Crippen LogP contribution in [0.5, 0.6) is 0 Å². The molecule has 0 saturated carbocycles. The van der Waals surface area contributed by atoms with E-state index in [2.05, 4.69) is 9.97 Å². The van der Waals surface area contributed by atoms with Crippen molar-refractivity contribution in [2.24, 2.45) is 0 Å². The number of imidazole rings is 1. The summed E-state index contributed by atoms with van der Waals surface area (Å²) in [5.74, 6) is 0.331. The van der Waals surface area contributed by atoms with Crippen LogP contribution in [0.25, 0.3) is 16.9 Å². The van der Waals surface area contributed by atoms with Gasteiger partial charge < -0.3 is 5.73 Å². The van der Waals surface area contributed by atoms with Crippen molar-refractivity contribution in [2.75, 3.05) is 5.73 Å². The molecule has 0 atom stereocenters. The number of aromatic nitrogens is 3. The second kappa shape index (κ2) is 4.40. The highest BCUT2D eigenvalue weighted by molar-refractivity contribution is 6.32. The molecule has 0 bridgehead atoms. The van der Waals surface area contributed by atoms with Crippen molar-refractivity contribution in [1.29, 1.82) is 0 Å². The van der Waals surface area contributed by atoms with E-state index < -0.39 is 0 Å². The summed E-state index contributed by atoms with van der Waals surface area (Å²) in [7, 11) is 0. The van der Waals surface area contributed by atoms with E-state index in [4.69, 9.17) is 28.9 Å². The Morgan fingerprint density at radius 3 is 2.79 bits per heavy atom. The van der Waals surface area contributed by atoms with E-state index in [1.54, 1.807) is 16.8 Å². The fourth-order valence-electron chi connectivity index (χ4n) is 1.99. The van der Waals surface area contributed by atoms with Crippen LogP contribution >= 0.6 is 23.2 Å². The van der Waals surface area contributed by atoms with Crippen molar-refractivity contribution < 1.29 is 0 Å². The molecule has 2 heterocycles. The van der Waals surface area contributed by atoms with Gasteiger partial charge in [0.2, 0.25) is 5.95 Å². The highest BCUT2D eigenvalue weighted by Crippen LogP contribution is 2.28. The van der Waals surface area contributed by atoms with Crippen molar-refractivity contribution in [3.05, 3.63) is 46.1 Å². The number of nitrogens with zero attached hydrogens (tertiary/aromatic N) is 3. The number of aryl methyl sites for hydroxylation is 1. The first-order valence-electron chi connectivity index (χ1n) is 5.62. The van der Waals surface area contributed by atoms with Crippen LogP contribution in [0.15, 0.2) is 30.5 Å². The zero-order valence-electron chi connectivity index (χ0n) is 10.1. The average molecular weight is 293 g/mol. The highest BCUT2D eigenvalue weighted by Gasteiger charge is 2.14. The van der Waals surface area contributed by atoms with Crippen LogP contribution in [-0.4, -0.2) is 14.5 Å². The molecule has 4 nitrogen and oxygen atoms in total. The second-order valence-corrected chi connectivity index (χ2v) is 5.10. The number of anilines is 1. The van der Waals surface area contributed by atoms with Crippen LogP contribution in [0.4, 0.5) is 5.95 Å². The Morgan fingerprint density at radius 2 is 2.00 bits per heavy atom. The minimum atomic E-state index is 0.331. The van der Waals surface area contributed by atoms with E-state index in [0.29, 0.717) is 27.2 Å². The molecular formula is C13H10Cl2N4. The maximum atomic E-state index is 6.23. The summed E-state index contributed by atoms with van der Waals surface area (Å²) in [6.45, 7) is 1.99. The molecule has 1 aromatic carbocycles. The molecule has 0 radical (unpaired) electrons. The molecule has 2 aromatic heterocycles. The molecule has 0 aliphatic rings. The third kappa shape index (κ3) is 2.03. The van der Waals surface area contributed by atoms with E-state index in [0.717, 1.165) is 11.3 Å². The standard InChI is InChI=1S/C13H10Cl2N4/c1-7-2-3-9(15)11(4-7)19-12-10(18-13(19)16)5-8(14)6-17-12/h2-6H,1H3,(H2,16,18). The SMILES string of the molecule is Cc1ccc(Cl)c(-n2c(N)nc3cc(Cl)cnc32)c1. The van der Waals surface area contributed by atoms with Crippen molar-refractivity contribution in [2.45, 2.75) is 6.92 Å². The molecule has 2 N–H and O–H groups in total. The quantitative estimate of drug-likeness (QED) is 0.745. The van der Waals surface area contributed by atoms with Gasteiger partial charge in [-0.2, -0.15) is 0 Å². The lowest BCUT2D eigenvalue weighted by molar-refractivity contribution is 1.08. The normalized spacial score (nSPS) is 11.1. The Kier molecular flexibility index (Phi) is 2.84. The van der Waals surface area contributed by atoms with Crippen LogP contribution in [0.2, 0.25) is 10.0 Å². The number of nitrogen functional groups attached to an aromatic ring is 1. The molecule has 3 rings (SSSR count). The van der Waals surface area contributed by atoms with Gasteiger partial charge in [0.05, 0.1) is 15.7 Å². The van der Waals surface area contributed by atoms with Gasteiger partial charge in [-0.05, 0) is 30.7 Å². The molecule has 0 aliphatic heterocycles. The van der Waals surface area contributed by atoms with Crippen molar-refractivity contribution in [1.82, 2.24) is 14.5 Å². The first-order chi connectivity index (χ1) is 9.06. The molecule has 0 unspecified atom stereocenters. The molecule has 19 heavy (non-hydrogen) atoms. The lowest BCUT2D eigenvalue weighted by Crippen LogP contribution is -2.02. The summed E-state index contributed by atoms with van der Waals surface area (Å²) in [4.78, 5) is 8.53. The van der Waals surface area contributed by atoms with Gasteiger partial charge in [-0.25, -0.2) is 9.97 Å². The number of pyridine rings is 1. The van der Waals surface area contributed by atoms with E-state index in [-0.39, 0.29) is 0 Å². The summed E-state index contributed by atoms with van der Waals surface area (Å²) in [6.07, 6.45) is 1.56. The van der Waals surface area contributed by atoms with Gasteiger partial charge in [0.1, 0.15) is 5.52 Å². The molecule has 96 valence electrons. The Morgan fingerprint density at radius 1 is 1.21 bits per heavy atom. The predicted molar refractivity (Wildman–Crippen MR) is 78.0 cm³/mol. The lowest BCUT2D eigenvalue weighted by Gasteiger charge is -2.09. The number of hydrogen-bond acceptors (Lipinski definition) is 3. The van der Waals surface area contributed by atoms with E-state index in [1.165, 1.54) is 0 Å². The Balaban J connectivity index is 2.36. The zero-order valence-corrected chi connectivity index (χ0v) is 11.6. The van der Waals surface area contributed by atoms with Gasteiger partial charge >= 0.3 is 0 Å². The summed E-state index contributed by atoms with van der Waals surface area (Å²) in [5, 5.41) is 1.11. The number of nitrogens with two attached hydrogens (primary N) is 1. The average Bonchev–Trinajstić information content (AvgIpc) is 2.67. The minimum Gasteiger partial charge on any atom is -0.369 e. The zero-order chi connectivity index (χ0) is 13.6. The number of rotatable bonds is 1. The largest absolute Gasteiger partial charge is 0.369 e. The molecule has 0 saturated heterocycles. The highest BCUT2D eigenvalue weighted by atomic mass is 35.5. The second-order valence-electron chi connectivity index (χ2n) is 4.26. The van der Waals surface area contributed by atoms with Crippen LogP contribution in [0.3, 0.4) is 0 Å². The first kappa shape index (κ1) is 12.3. The number of halogens is 2. The van der Waals surface area contributed by atoms with Crippen molar-refractivity contribution in [3.8, 4) is 5.69 Å². The van der Waals surface area contributed by atoms with Gasteiger partial charge in [-0.15, -0.1) is 0 Å². The summed E-state index contributed by atoms with van der Waals surface area (Å²) >= 11 is 12.1. The lowest BCUT2D eigenvalue weighted by atomic mass is 10.2. The third-order valence-corrected chi connectivity index (χ3v) is 3.36. The van der Waals surface area contributed by atoms with Crippen LogP contribution in [0.1, 0.15) is 5.56 Å². The number of fused-ring (bicyclic) bond motifs is 1. The van der Waals surface area contributed by atoms with E-state index >= 15 is 0 Å². The molecule has 0 fully saturated rings.